The predicted molar refractivity (Wildman–Crippen MR) is 150 cm³/mol. The lowest BCUT2D eigenvalue weighted by molar-refractivity contribution is 0.340. The summed E-state index contributed by atoms with van der Waals surface area (Å²) >= 11 is 5.92. The third-order valence-electron chi connectivity index (χ3n) is 7.13. The molecule has 0 unspecified atom stereocenters. The zero-order valence-corrected chi connectivity index (χ0v) is 22.3. The molecule has 1 aliphatic rings. The van der Waals surface area contributed by atoms with Crippen LogP contribution in [0.4, 0.5) is 5.69 Å². The van der Waals surface area contributed by atoms with Crippen LogP contribution in [0.2, 0.25) is 0 Å². The fourth-order valence-corrected chi connectivity index (χ4v) is 5.60. The molecule has 2 aromatic heterocycles. The predicted octanol–water partition coefficient (Wildman–Crippen LogP) is 6.68. The molecule has 4 aromatic rings. The summed E-state index contributed by atoms with van der Waals surface area (Å²) in [5, 5.41) is 4.27. The van der Waals surface area contributed by atoms with Gasteiger partial charge in [-0.05, 0) is 112 Å². The molecule has 3 heterocycles. The SMILES string of the molecule is CCOc1ccc(N2C(=S)N[C@H](c3ccccn3)[C@@H]2c2cc(C)n(-c3cccc(C)c3C)c2C)cc1. The van der Waals surface area contributed by atoms with Crippen LogP contribution in [-0.2, 0) is 0 Å². The van der Waals surface area contributed by atoms with Gasteiger partial charge in [0, 0.05) is 29.0 Å². The average molecular weight is 497 g/mol. The van der Waals surface area contributed by atoms with Crippen molar-refractivity contribution in [1.29, 1.82) is 0 Å². The second-order valence-corrected chi connectivity index (χ2v) is 9.69. The molecule has 0 saturated carbocycles. The second kappa shape index (κ2) is 9.78. The van der Waals surface area contributed by atoms with E-state index < -0.39 is 0 Å². The number of pyridine rings is 1. The van der Waals surface area contributed by atoms with Crippen molar-refractivity contribution in [2.24, 2.45) is 0 Å². The van der Waals surface area contributed by atoms with E-state index in [0.29, 0.717) is 11.7 Å². The van der Waals surface area contributed by atoms with E-state index >= 15 is 0 Å². The van der Waals surface area contributed by atoms with Crippen LogP contribution in [0.3, 0.4) is 0 Å². The topological polar surface area (TPSA) is 42.3 Å². The van der Waals surface area contributed by atoms with Crippen molar-refractivity contribution in [3.8, 4) is 11.4 Å². The number of hydrogen-bond donors (Lipinski definition) is 1. The minimum Gasteiger partial charge on any atom is -0.494 e. The van der Waals surface area contributed by atoms with Gasteiger partial charge in [0.25, 0.3) is 0 Å². The molecular formula is C30H32N4OS. The number of nitrogens with one attached hydrogen (secondary N) is 1. The maximum atomic E-state index is 5.92. The molecule has 0 spiro atoms. The summed E-state index contributed by atoms with van der Waals surface area (Å²) in [4.78, 5) is 6.93. The van der Waals surface area contributed by atoms with Crippen molar-refractivity contribution in [2.75, 3.05) is 11.5 Å². The number of aromatic nitrogens is 2. The molecule has 0 radical (unpaired) electrons. The van der Waals surface area contributed by atoms with Crippen LogP contribution in [0.25, 0.3) is 5.69 Å². The summed E-state index contributed by atoms with van der Waals surface area (Å²) in [6.45, 7) is 11.4. The van der Waals surface area contributed by atoms with Crippen molar-refractivity contribution in [1.82, 2.24) is 14.9 Å². The maximum Gasteiger partial charge on any atom is 0.174 e. The Morgan fingerprint density at radius 1 is 0.972 bits per heavy atom. The third-order valence-corrected chi connectivity index (χ3v) is 7.44. The molecule has 1 aliphatic heterocycles. The summed E-state index contributed by atoms with van der Waals surface area (Å²) in [7, 11) is 0. The zero-order chi connectivity index (χ0) is 25.4. The van der Waals surface area contributed by atoms with Crippen LogP contribution in [0.15, 0.2) is 72.9 Å². The number of anilines is 1. The molecule has 1 N–H and O–H groups in total. The maximum absolute atomic E-state index is 5.92. The normalized spacial score (nSPS) is 17.4. The molecule has 36 heavy (non-hydrogen) atoms. The number of benzene rings is 2. The van der Waals surface area contributed by atoms with Crippen LogP contribution in [0.5, 0.6) is 5.75 Å². The minimum absolute atomic E-state index is 0.0598. The Morgan fingerprint density at radius 2 is 1.75 bits per heavy atom. The molecule has 2 aromatic carbocycles. The largest absolute Gasteiger partial charge is 0.494 e. The zero-order valence-electron chi connectivity index (χ0n) is 21.4. The summed E-state index contributed by atoms with van der Waals surface area (Å²) in [6.07, 6.45) is 1.84. The molecule has 6 heteroatoms. The fourth-order valence-electron chi connectivity index (χ4n) is 5.25. The first-order chi connectivity index (χ1) is 17.4. The number of rotatable bonds is 6. The van der Waals surface area contributed by atoms with Gasteiger partial charge in [-0.2, -0.15) is 0 Å². The second-order valence-electron chi connectivity index (χ2n) is 9.30. The van der Waals surface area contributed by atoms with Crippen molar-refractivity contribution in [3.63, 3.8) is 0 Å². The smallest absolute Gasteiger partial charge is 0.174 e. The molecule has 0 amide bonds. The highest BCUT2D eigenvalue weighted by molar-refractivity contribution is 7.80. The van der Waals surface area contributed by atoms with Gasteiger partial charge in [-0.15, -0.1) is 0 Å². The highest BCUT2D eigenvalue weighted by atomic mass is 32.1. The van der Waals surface area contributed by atoms with E-state index in [4.69, 9.17) is 21.9 Å². The van der Waals surface area contributed by atoms with Gasteiger partial charge in [-0.3, -0.25) is 4.98 Å². The molecule has 5 rings (SSSR count). The Labute approximate surface area is 218 Å². The van der Waals surface area contributed by atoms with Crippen molar-refractivity contribution in [2.45, 2.75) is 46.7 Å². The quantitative estimate of drug-likeness (QED) is 0.302. The van der Waals surface area contributed by atoms with Gasteiger partial charge in [0.15, 0.2) is 5.11 Å². The monoisotopic (exact) mass is 496 g/mol. The van der Waals surface area contributed by atoms with Crippen molar-refractivity contribution in [3.05, 3.63) is 107 Å². The first kappa shape index (κ1) is 24.1. The van der Waals surface area contributed by atoms with Crippen LogP contribution in [-0.4, -0.2) is 21.3 Å². The third kappa shape index (κ3) is 4.16. The molecule has 1 saturated heterocycles. The molecular weight excluding hydrogens is 464 g/mol. The summed E-state index contributed by atoms with van der Waals surface area (Å²) < 4.78 is 8.05. The highest BCUT2D eigenvalue weighted by Gasteiger charge is 2.42. The lowest BCUT2D eigenvalue weighted by atomic mass is 9.96. The molecule has 0 bridgehead atoms. The van der Waals surface area contributed by atoms with Gasteiger partial charge in [0.2, 0.25) is 0 Å². The van der Waals surface area contributed by atoms with E-state index in [0.717, 1.165) is 17.1 Å². The lowest BCUT2D eigenvalue weighted by Gasteiger charge is -2.28. The fraction of sp³-hybridized carbons (Fsp3) is 0.267. The first-order valence-corrected chi connectivity index (χ1v) is 12.8. The Kier molecular flexibility index (Phi) is 6.54. The number of nitrogens with zero attached hydrogens (tertiary/aromatic N) is 3. The minimum atomic E-state index is -0.0853. The molecule has 1 fully saturated rings. The Hall–Kier alpha value is -3.64. The van der Waals surface area contributed by atoms with Crippen LogP contribution in [0.1, 0.15) is 52.8 Å². The van der Waals surface area contributed by atoms with Gasteiger partial charge in [-0.1, -0.05) is 18.2 Å². The number of ether oxygens (including phenoxy) is 1. The first-order valence-electron chi connectivity index (χ1n) is 12.4. The summed E-state index contributed by atoms with van der Waals surface area (Å²) in [5.74, 6) is 0.852. The number of hydrogen-bond acceptors (Lipinski definition) is 3. The highest BCUT2D eigenvalue weighted by Crippen LogP contribution is 2.44. The van der Waals surface area contributed by atoms with Gasteiger partial charge >= 0.3 is 0 Å². The van der Waals surface area contributed by atoms with Crippen LogP contribution < -0.4 is 15.0 Å². The van der Waals surface area contributed by atoms with Crippen LogP contribution >= 0.6 is 12.2 Å². The number of thiocarbonyl (C=S) groups is 1. The van der Waals surface area contributed by atoms with Crippen molar-refractivity contribution < 1.29 is 4.74 Å². The van der Waals surface area contributed by atoms with Gasteiger partial charge in [0.1, 0.15) is 5.75 Å². The van der Waals surface area contributed by atoms with E-state index in [1.54, 1.807) is 0 Å². The molecule has 0 aliphatic carbocycles. The standard InChI is InChI=1S/C30H32N4OS/c1-6-35-24-15-13-23(14-16-24)34-29(28(32-30(34)36)26-11-7-8-17-31-26)25-18-20(3)33(22(25)5)27-12-9-10-19(2)21(27)4/h7-18,28-29H,6H2,1-5H3,(H,32,36)/t28-,29+/m1/s1. The average Bonchev–Trinajstić information content (AvgIpc) is 3.37. The van der Waals surface area contributed by atoms with Gasteiger partial charge < -0.3 is 19.5 Å². The molecule has 2 atom stereocenters. The molecule has 184 valence electrons. The van der Waals surface area contributed by atoms with E-state index in [1.165, 1.54) is 33.8 Å². The van der Waals surface area contributed by atoms with E-state index in [9.17, 15) is 0 Å². The Morgan fingerprint density at radius 3 is 2.44 bits per heavy atom. The van der Waals surface area contributed by atoms with E-state index in [1.807, 2.05) is 37.4 Å². The van der Waals surface area contributed by atoms with Gasteiger partial charge in [-0.25, -0.2) is 0 Å². The summed E-state index contributed by atoms with van der Waals surface area (Å²) in [5.41, 5.74) is 9.40. The molecule has 5 nitrogen and oxygen atoms in total. The Bertz CT molecular complexity index is 1390. The Balaban J connectivity index is 1.66. The summed E-state index contributed by atoms with van der Waals surface area (Å²) in [6, 6.07) is 22.9. The van der Waals surface area contributed by atoms with E-state index in [2.05, 4.69) is 84.9 Å². The number of aryl methyl sites for hydroxylation is 2. The van der Waals surface area contributed by atoms with Crippen molar-refractivity contribution >= 4 is 23.0 Å². The lowest BCUT2D eigenvalue weighted by Crippen LogP contribution is -2.29. The van der Waals surface area contributed by atoms with E-state index in [-0.39, 0.29) is 12.1 Å². The van der Waals surface area contributed by atoms with Gasteiger partial charge in [0.05, 0.1) is 24.4 Å². The van der Waals surface area contributed by atoms with Crippen LogP contribution in [0, 0.1) is 27.7 Å².